The van der Waals surface area contributed by atoms with Crippen LogP contribution in [0.5, 0.6) is 0 Å². The minimum absolute atomic E-state index is 0. The molecule has 13 heavy (non-hydrogen) atoms. The van der Waals surface area contributed by atoms with Crippen LogP contribution in [0, 0.1) is 0 Å². The number of halogens is 2. The Morgan fingerprint density at radius 2 is 2.23 bits per heavy atom. The minimum Gasteiger partial charge on any atom is -1.00 e. The zero-order valence-corrected chi connectivity index (χ0v) is 12.7. The van der Waals surface area contributed by atoms with Gasteiger partial charge in [0.25, 0.3) is 0 Å². The third-order valence-electron chi connectivity index (χ3n) is 1.55. The Kier molecular flexibility index (Phi) is 8.11. The third-order valence-corrected chi connectivity index (χ3v) is 9.47. The van der Waals surface area contributed by atoms with Gasteiger partial charge in [0.2, 0.25) is 0 Å². The topological polar surface area (TPSA) is 0 Å². The summed E-state index contributed by atoms with van der Waals surface area (Å²) in [6.07, 6.45) is 8.07. The van der Waals surface area contributed by atoms with E-state index in [4.69, 9.17) is 0 Å². The molecule has 0 nitrogen and oxygen atoms in total. The van der Waals surface area contributed by atoms with Gasteiger partial charge in [-0.15, -0.1) is 0 Å². The zero-order valence-electron chi connectivity index (χ0n) is 6.80. The summed E-state index contributed by atoms with van der Waals surface area (Å²) in [6, 6.07) is 0. The minimum atomic E-state index is -0.256. The van der Waals surface area contributed by atoms with E-state index in [1.807, 2.05) is 2.73 Å². The Bertz CT molecular complexity index is 293. The fourth-order valence-corrected chi connectivity index (χ4v) is 8.51. The molecule has 1 unspecified atom stereocenters. The van der Waals surface area contributed by atoms with Gasteiger partial charge in [0, 0.05) is 0 Å². The van der Waals surface area contributed by atoms with E-state index < -0.39 is 0 Å². The van der Waals surface area contributed by atoms with Crippen molar-refractivity contribution in [3.05, 3.63) is 33.1 Å². The molecule has 0 radical (unpaired) electrons. The molecule has 1 atom stereocenters. The molecule has 0 amide bonds. The molecule has 1 aromatic heterocycles. The first-order valence-electron chi connectivity index (χ1n) is 3.57. The summed E-state index contributed by atoms with van der Waals surface area (Å²) in [5.74, 6) is 4.64. The first kappa shape index (κ1) is 14.2. The van der Waals surface area contributed by atoms with Gasteiger partial charge in [-0.2, -0.15) is 0 Å². The normalized spacial score (nSPS) is 13.7. The summed E-state index contributed by atoms with van der Waals surface area (Å²) < 4.78 is 3.61. The van der Waals surface area contributed by atoms with Gasteiger partial charge in [0.1, 0.15) is 0 Å². The Morgan fingerprint density at radius 3 is 2.77 bits per heavy atom. The molecule has 0 bridgehead atoms. The van der Waals surface area contributed by atoms with E-state index >= 15 is 0 Å². The summed E-state index contributed by atoms with van der Waals surface area (Å²) >= 11 is -0.256. The van der Waals surface area contributed by atoms with Crippen molar-refractivity contribution in [3.8, 4) is 0 Å². The number of allylic oxidation sites excluding steroid dienone is 4. The van der Waals surface area contributed by atoms with Gasteiger partial charge >= 0.3 is 81.9 Å². The fourth-order valence-electron chi connectivity index (χ4n) is 1.03. The van der Waals surface area contributed by atoms with Crippen molar-refractivity contribution in [2.75, 3.05) is 0 Å². The zero-order chi connectivity index (χ0) is 7.52. The summed E-state index contributed by atoms with van der Waals surface area (Å²) in [5, 5.41) is 0. The van der Waals surface area contributed by atoms with Crippen LogP contribution in [-0.2, 0) is 23.2 Å². The predicted molar refractivity (Wildman–Crippen MR) is 49.9 cm³/mol. The van der Waals surface area contributed by atoms with E-state index in [-0.39, 0.29) is 48.0 Å². The maximum absolute atomic E-state index is 2.33. The molecule has 1 aromatic rings. The van der Waals surface area contributed by atoms with Gasteiger partial charge in [-0.05, 0) is 0 Å². The van der Waals surface area contributed by atoms with Crippen LogP contribution in [0.15, 0.2) is 33.1 Å². The van der Waals surface area contributed by atoms with Crippen LogP contribution in [0.3, 0.4) is 0 Å². The van der Waals surface area contributed by atoms with E-state index in [2.05, 4.69) is 29.8 Å². The monoisotopic (exact) mass is 326 g/mol. The maximum atomic E-state index is 2.33. The molecule has 0 aliphatic heterocycles. The predicted octanol–water partition coefficient (Wildman–Crippen LogP) is -3.14. The van der Waals surface area contributed by atoms with Crippen LogP contribution in [0.2, 0.25) is 0 Å². The molecule has 1 heterocycles. The van der Waals surface area contributed by atoms with E-state index in [9.17, 15) is 0 Å². The van der Waals surface area contributed by atoms with Crippen LogP contribution in [0.4, 0.5) is 0 Å². The van der Waals surface area contributed by atoms with Crippen molar-refractivity contribution in [3.63, 3.8) is 0 Å². The first-order chi connectivity index (χ1) is 5.45. The molecule has 1 aliphatic carbocycles. The van der Waals surface area contributed by atoms with Crippen LogP contribution >= 0.6 is 16.4 Å². The van der Waals surface area contributed by atoms with Crippen molar-refractivity contribution < 1.29 is 48.0 Å². The fraction of sp³-hybridized carbons (Fsp3) is 0.125. The molecule has 1 aliphatic rings. The van der Waals surface area contributed by atoms with E-state index in [0.717, 1.165) is 8.19 Å². The van der Waals surface area contributed by atoms with Gasteiger partial charge in [-0.25, -0.2) is 0 Å². The van der Waals surface area contributed by atoms with E-state index in [1.165, 1.54) is 14.6 Å². The van der Waals surface area contributed by atoms with Gasteiger partial charge in [-0.3, -0.25) is 0 Å². The van der Waals surface area contributed by atoms with Crippen molar-refractivity contribution >= 4 is 19.1 Å². The molecule has 68 valence electrons. The first-order valence-corrected chi connectivity index (χ1v) is 8.07. The van der Waals surface area contributed by atoms with Gasteiger partial charge in [-0.1, -0.05) is 0 Å². The molecule has 0 N–H and O–H groups in total. The number of hydrogen-bond acceptors (Lipinski definition) is 0. The van der Waals surface area contributed by atoms with Gasteiger partial charge in [0.05, 0.1) is 0 Å². The van der Waals surface area contributed by atoms with Crippen LogP contribution < -0.4 is 27.5 Å². The average molecular weight is 328 g/mol. The Hall–Kier alpha value is 1.15. The van der Waals surface area contributed by atoms with Crippen LogP contribution in [-0.4, -0.2) is 0 Å². The second kappa shape index (κ2) is 7.45. The van der Waals surface area contributed by atoms with E-state index in [0.29, 0.717) is 0 Å². The van der Waals surface area contributed by atoms with Crippen LogP contribution in [0.1, 0.15) is 6.42 Å². The largest absolute Gasteiger partial charge is 1.00 e. The summed E-state index contributed by atoms with van der Waals surface area (Å²) in [5.41, 5.74) is 0. The molecular weight excluding hydrogens is 320 g/mol. The maximum Gasteiger partial charge on any atom is -1.00 e. The summed E-state index contributed by atoms with van der Waals surface area (Å²) in [7, 11) is 2.59. The molecule has 0 aromatic carbocycles. The molecule has 2 rings (SSSR count). The van der Waals surface area contributed by atoms with Crippen LogP contribution in [0.25, 0.3) is 0 Å². The summed E-state index contributed by atoms with van der Waals surface area (Å²) in [4.78, 5) is 0. The number of hydrogen-bond donors (Lipinski definition) is 0. The molecule has 0 saturated heterocycles. The SMILES string of the molecule is C1=CC[C]([Zr+2][c]2pcc[pH]2)=C1.[Cl-].[Cl-]. The number of rotatable bonds is 2. The smallest absolute Gasteiger partial charge is 1.00 e. The molecular formula is C8H8Cl2P2Zr. The van der Waals surface area contributed by atoms with Crippen molar-refractivity contribution in [1.82, 2.24) is 0 Å². The molecule has 0 spiro atoms. The van der Waals surface area contributed by atoms with E-state index in [1.54, 1.807) is 3.28 Å². The molecule has 0 saturated carbocycles. The Balaban J connectivity index is 0.000000720. The second-order valence-electron chi connectivity index (χ2n) is 2.39. The second-order valence-corrected chi connectivity index (χ2v) is 10.6. The third kappa shape index (κ3) is 4.46. The van der Waals surface area contributed by atoms with Crippen molar-refractivity contribution in [2.24, 2.45) is 0 Å². The molecule has 5 heteroatoms. The quantitative estimate of drug-likeness (QED) is 0.538. The van der Waals surface area contributed by atoms with Crippen molar-refractivity contribution in [1.29, 1.82) is 0 Å². The summed E-state index contributed by atoms with van der Waals surface area (Å²) in [6.45, 7) is 0. The molecule has 0 fully saturated rings. The van der Waals surface area contributed by atoms with Gasteiger partial charge < -0.3 is 24.8 Å². The Morgan fingerprint density at radius 1 is 1.38 bits per heavy atom. The average Bonchev–Trinajstić information content (AvgIpc) is 2.60. The van der Waals surface area contributed by atoms with Crippen molar-refractivity contribution in [2.45, 2.75) is 6.42 Å². The standard InChI is InChI=1S/C5H5.C3H3P2.2ClH.Zr/c1-2-4-5-3-1;1-2-5-3-4-1;;;/h1-3H,4H2;1-2,4H;2*1H;/q;;;;+2/p-2. The Labute approximate surface area is 106 Å². The van der Waals surface area contributed by atoms with Gasteiger partial charge in [0.15, 0.2) is 0 Å².